The average molecular weight is 195 g/mol. The van der Waals surface area contributed by atoms with Crippen molar-refractivity contribution in [3.63, 3.8) is 0 Å². The second kappa shape index (κ2) is 3.44. The lowest BCUT2D eigenvalue weighted by atomic mass is 10.1. The van der Waals surface area contributed by atoms with Crippen LogP contribution in [0.15, 0.2) is 6.07 Å². The molecule has 78 valence electrons. The van der Waals surface area contributed by atoms with Crippen molar-refractivity contribution in [2.24, 2.45) is 0 Å². The Hall–Kier alpha value is -1.32. The lowest BCUT2D eigenvalue weighted by molar-refractivity contribution is 0.0956. The van der Waals surface area contributed by atoms with E-state index in [0.29, 0.717) is 5.69 Å². The van der Waals surface area contributed by atoms with E-state index in [9.17, 15) is 4.79 Å². The van der Waals surface area contributed by atoms with Gasteiger partial charge in [0.15, 0.2) is 0 Å². The molecule has 4 heteroatoms. The van der Waals surface area contributed by atoms with E-state index in [0.717, 1.165) is 5.69 Å². The summed E-state index contributed by atoms with van der Waals surface area (Å²) in [6.07, 6.45) is 0. The van der Waals surface area contributed by atoms with Crippen LogP contribution in [0.25, 0.3) is 0 Å². The Labute approximate surface area is 84.3 Å². The van der Waals surface area contributed by atoms with Crippen molar-refractivity contribution >= 4 is 5.91 Å². The number of amides is 1. The molecule has 1 aromatic heterocycles. The lowest BCUT2D eigenvalue weighted by Crippen LogP contribution is -2.25. The zero-order chi connectivity index (χ0) is 10.9. The van der Waals surface area contributed by atoms with Gasteiger partial charge < -0.3 is 5.32 Å². The van der Waals surface area contributed by atoms with Crippen LogP contribution in [0.4, 0.5) is 0 Å². The molecule has 0 radical (unpaired) electrons. The summed E-state index contributed by atoms with van der Waals surface area (Å²) in [5, 5.41) is 6.81. The number of carbonyl (C=O) groups excluding carboxylic acids is 1. The second-order valence-electron chi connectivity index (χ2n) is 4.33. The Morgan fingerprint density at radius 1 is 1.50 bits per heavy atom. The maximum absolute atomic E-state index is 11.3. The Morgan fingerprint density at radius 2 is 2.07 bits per heavy atom. The van der Waals surface area contributed by atoms with E-state index in [1.54, 1.807) is 13.1 Å². The average Bonchev–Trinajstić information content (AvgIpc) is 2.45. The standard InChI is InChI=1S/C10H17N3O/c1-7-6-8(9(14)11-5)12-13(7)10(2,3)4/h6H,1-5H3,(H,11,14). The van der Waals surface area contributed by atoms with Crippen molar-refractivity contribution < 1.29 is 4.79 Å². The summed E-state index contributed by atoms with van der Waals surface area (Å²) in [6.45, 7) is 8.12. The maximum atomic E-state index is 11.3. The van der Waals surface area contributed by atoms with Crippen molar-refractivity contribution in [1.82, 2.24) is 15.1 Å². The molecule has 0 aliphatic carbocycles. The Kier molecular flexibility index (Phi) is 2.64. The predicted molar refractivity (Wildman–Crippen MR) is 55.4 cm³/mol. The van der Waals surface area contributed by atoms with E-state index < -0.39 is 0 Å². The third-order valence-corrected chi connectivity index (χ3v) is 1.98. The molecule has 1 amide bonds. The van der Waals surface area contributed by atoms with E-state index in [-0.39, 0.29) is 11.4 Å². The molecule has 1 aromatic rings. The fourth-order valence-corrected chi connectivity index (χ4v) is 1.39. The van der Waals surface area contributed by atoms with Crippen LogP contribution in [0.5, 0.6) is 0 Å². The topological polar surface area (TPSA) is 46.9 Å². The van der Waals surface area contributed by atoms with E-state index in [4.69, 9.17) is 0 Å². The maximum Gasteiger partial charge on any atom is 0.271 e. The largest absolute Gasteiger partial charge is 0.354 e. The SMILES string of the molecule is CNC(=O)c1cc(C)n(C(C)(C)C)n1. The van der Waals surface area contributed by atoms with Gasteiger partial charge in [-0.1, -0.05) is 0 Å². The molecule has 0 spiro atoms. The van der Waals surface area contributed by atoms with Gasteiger partial charge in [0.25, 0.3) is 5.91 Å². The molecule has 14 heavy (non-hydrogen) atoms. The summed E-state index contributed by atoms with van der Waals surface area (Å²) in [5.41, 5.74) is 1.38. The van der Waals surface area contributed by atoms with E-state index in [1.807, 2.05) is 11.6 Å². The van der Waals surface area contributed by atoms with Crippen LogP contribution in [0.2, 0.25) is 0 Å². The molecule has 0 aromatic carbocycles. The number of nitrogens with zero attached hydrogens (tertiary/aromatic N) is 2. The quantitative estimate of drug-likeness (QED) is 0.734. The third kappa shape index (κ3) is 1.95. The van der Waals surface area contributed by atoms with Crippen LogP contribution >= 0.6 is 0 Å². The van der Waals surface area contributed by atoms with Crippen molar-refractivity contribution in [3.05, 3.63) is 17.5 Å². The first-order valence-corrected chi connectivity index (χ1v) is 4.65. The van der Waals surface area contributed by atoms with Crippen LogP contribution in [0.1, 0.15) is 37.0 Å². The zero-order valence-corrected chi connectivity index (χ0v) is 9.38. The van der Waals surface area contributed by atoms with Gasteiger partial charge in [0.05, 0.1) is 5.54 Å². The molecule has 0 saturated carbocycles. The lowest BCUT2D eigenvalue weighted by Gasteiger charge is -2.21. The minimum Gasteiger partial charge on any atom is -0.354 e. The van der Waals surface area contributed by atoms with Gasteiger partial charge in [0, 0.05) is 12.7 Å². The summed E-state index contributed by atoms with van der Waals surface area (Å²) in [4.78, 5) is 11.3. The normalized spacial score (nSPS) is 11.5. The van der Waals surface area contributed by atoms with Gasteiger partial charge in [-0.05, 0) is 33.8 Å². The summed E-state index contributed by atoms with van der Waals surface area (Å²) < 4.78 is 1.86. The molecule has 0 bridgehead atoms. The number of nitrogens with one attached hydrogen (secondary N) is 1. The smallest absolute Gasteiger partial charge is 0.271 e. The van der Waals surface area contributed by atoms with Gasteiger partial charge in [0.2, 0.25) is 0 Å². The molecule has 0 fully saturated rings. The number of aromatic nitrogens is 2. The molecule has 1 heterocycles. The highest BCUT2D eigenvalue weighted by Gasteiger charge is 2.19. The van der Waals surface area contributed by atoms with Crippen molar-refractivity contribution in [2.75, 3.05) is 7.05 Å². The predicted octanol–water partition coefficient (Wildman–Crippen LogP) is 1.31. The van der Waals surface area contributed by atoms with E-state index in [1.165, 1.54) is 0 Å². The third-order valence-electron chi connectivity index (χ3n) is 1.98. The van der Waals surface area contributed by atoms with Crippen molar-refractivity contribution in [2.45, 2.75) is 33.2 Å². The highest BCUT2D eigenvalue weighted by molar-refractivity contribution is 5.92. The number of carbonyl (C=O) groups is 1. The molecule has 0 unspecified atom stereocenters. The summed E-state index contributed by atoms with van der Waals surface area (Å²) in [5.74, 6) is -0.143. The number of rotatable bonds is 1. The van der Waals surface area contributed by atoms with Gasteiger partial charge in [-0.3, -0.25) is 9.48 Å². The summed E-state index contributed by atoms with van der Waals surface area (Å²) in [6, 6.07) is 1.80. The van der Waals surface area contributed by atoms with Gasteiger partial charge in [0.1, 0.15) is 5.69 Å². The molecule has 0 aliphatic heterocycles. The molecular weight excluding hydrogens is 178 g/mol. The Balaban J connectivity index is 3.12. The van der Waals surface area contributed by atoms with Crippen LogP contribution in [-0.2, 0) is 5.54 Å². The van der Waals surface area contributed by atoms with Crippen LogP contribution in [0.3, 0.4) is 0 Å². The Bertz CT molecular complexity index is 347. The second-order valence-corrected chi connectivity index (χ2v) is 4.33. The highest BCUT2D eigenvalue weighted by atomic mass is 16.1. The van der Waals surface area contributed by atoms with Gasteiger partial charge >= 0.3 is 0 Å². The number of aryl methyl sites for hydroxylation is 1. The van der Waals surface area contributed by atoms with Gasteiger partial charge in [-0.25, -0.2) is 0 Å². The summed E-state index contributed by atoms with van der Waals surface area (Å²) >= 11 is 0. The molecular formula is C10H17N3O. The fraction of sp³-hybridized carbons (Fsp3) is 0.600. The first kappa shape index (κ1) is 10.8. The van der Waals surface area contributed by atoms with E-state index in [2.05, 4.69) is 31.2 Å². The molecule has 1 N–H and O–H groups in total. The Morgan fingerprint density at radius 3 is 2.43 bits per heavy atom. The zero-order valence-electron chi connectivity index (χ0n) is 9.38. The molecule has 1 rings (SSSR count). The van der Waals surface area contributed by atoms with Gasteiger partial charge in [-0.2, -0.15) is 5.10 Å². The van der Waals surface area contributed by atoms with Crippen LogP contribution in [-0.4, -0.2) is 22.7 Å². The number of hydrogen-bond donors (Lipinski definition) is 1. The molecule has 0 saturated heterocycles. The number of hydrogen-bond acceptors (Lipinski definition) is 2. The van der Waals surface area contributed by atoms with Gasteiger partial charge in [-0.15, -0.1) is 0 Å². The molecule has 0 atom stereocenters. The molecule has 0 aliphatic rings. The minimum absolute atomic E-state index is 0.0869. The van der Waals surface area contributed by atoms with Crippen LogP contribution in [0, 0.1) is 6.92 Å². The van der Waals surface area contributed by atoms with Crippen LogP contribution < -0.4 is 5.32 Å². The minimum atomic E-state index is -0.143. The highest BCUT2D eigenvalue weighted by Crippen LogP contribution is 2.16. The fourth-order valence-electron chi connectivity index (χ4n) is 1.39. The summed E-state index contributed by atoms with van der Waals surface area (Å²) in [7, 11) is 1.60. The molecule has 4 nitrogen and oxygen atoms in total. The first-order chi connectivity index (χ1) is 6.36. The van der Waals surface area contributed by atoms with Crippen molar-refractivity contribution in [1.29, 1.82) is 0 Å². The van der Waals surface area contributed by atoms with Crippen molar-refractivity contribution in [3.8, 4) is 0 Å². The first-order valence-electron chi connectivity index (χ1n) is 4.65. The monoisotopic (exact) mass is 195 g/mol. The van der Waals surface area contributed by atoms with E-state index >= 15 is 0 Å².